The molecule has 102 valence electrons. The molecule has 0 unspecified atom stereocenters. The van der Waals surface area contributed by atoms with Gasteiger partial charge in [-0.05, 0) is 24.3 Å². The van der Waals surface area contributed by atoms with E-state index in [0.29, 0.717) is 23.1 Å². The standard InChI is InChI=1S/C14H14N4O2/c15-11-6-10-12(17-8-18-14(10)19)7-13(11)16-4-3-9-2-1-5-20-9/h1-2,5-8,16H,3-4,15H2,(H,17,18,19). The fourth-order valence-electron chi connectivity index (χ4n) is 2.06. The summed E-state index contributed by atoms with van der Waals surface area (Å²) in [6.07, 6.45) is 3.79. The Balaban J connectivity index is 1.81. The van der Waals surface area contributed by atoms with Crippen LogP contribution in [-0.4, -0.2) is 16.5 Å². The molecule has 4 N–H and O–H groups in total. The Labute approximate surface area is 114 Å². The summed E-state index contributed by atoms with van der Waals surface area (Å²) >= 11 is 0. The highest BCUT2D eigenvalue weighted by atomic mass is 16.3. The Morgan fingerprint density at radius 2 is 2.30 bits per heavy atom. The first kappa shape index (κ1) is 12.3. The first-order valence-corrected chi connectivity index (χ1v) is 6.27. The van der Waals surface area contributed by atoms with E-state index in [4.69, 9.17) is 10.2 Å². The highest BCUT2D eigenvalue weighted by molar-refractivity contribution is 5.88. The molecule has 20 heavy (non-hydrogen) atoms. The van der Waals surface area contributed by atoms with Crippen molar-refractivity contribution < 1.29 is 4.42 Å². The van der Waals surface area contributed by atoms with Crippen LogP contribution in [0.4, 0.5) is 11.4 Å². The van der Waals surface area contributed by atoms with E-state index in [-0.39, 0.29) is 5.56 Å². The van der Waals surface area contributed by atoms with E-state index in [1.807, 2.05) is 12.1 Å². The molecule has 6 nitrogen and oxygen atoms in total. The average molecular weight is 270 g/mol. The van der Waals surface area contributed by atoms with Gasteiger partial charge in [-0.25, -0.2) is 4.98 Å². The second-order valence-electron chi connectivity index (χ2n) is 4.44. The van der Waals surface area contributed by atoms with E-state index in [1.54, 1.807) is 18.4 Å². The van der Waals surface area contributed by atoms with Gasteiger partial charge in [-0.1, -0.05) is 0 Å². The molecular formula is C14H14N4O2. The molecule has 0 amide bonds. The summed E-state index contributed by atoms with van der Waals surface area (Å²) in [5, 5.41) is 3.71. The zero-order chi connectivity index (χ0) is 13.9. The van der Waals surface area contributed by atoms with Crippen molar-refractivity contribution in [2.24, 2.45) is 0 Å². The molecular weight excluding hydrogens is 256 g/mol. The lowest BCUT2D eigenvalue weighted by Gasteiger charge is -2.09. The number of anilines is 2. The maximum absolute atomic E-state index is 11.6. The molecule has 6 heteroatoms. The average Bonchev–Trinajstić information content (AvgIpc) is 2.94. The van der Waals surface area contributed by atoms with Gasteiger partial charge in [0, 0.05) is 13.0 Å². The number of H-pyrrole nitrogens is 1. The number of fused-ring (bicyclic) bond motifs is 1. The Hall–Kier alpha value is -2.76. The number of rotatable bonds is 4. The van der Waals surface area contributed by atoms with E-state index in [1.165, 1.54) is 6.33 Å². The molecule has 0 aliphatic carbocycles. The Bertz CT molecular complexity index is 777. The van der Waals surface area contributed by atoms with Gasteiger partial charge in [0.2, 0.25) is 0 Å². The highest BCUT2D eigenvalue weighted by Crippen LogP contribution is 2.22. The number of benzene rings is 1. The summed E-state index contributed by atoms with van der Waals surface area (Å²) in [6, 6.07) is 7.20. The molecule has 0 aliphatic rings. The Kier molecular flexibility index (Phi) is 3.12. The first-order valence-electron chi connectivity index (χ1n) is 6.27. The number of nitrogens with two attached hydrogens (primary N) is 1. The van der Waals surface area contributed by atoms with Crippen molar-refractivity contribution in [2.45, 2.75) is 6.42 Å². The monoisotopic (exact) mass is 270 g/mol. The van der Waals surface area contributed by atoms with Crippen LogP contribution in [-0.2, 0) is 6.42 Å². The summed E-state index contributed by atoms with van der Waals surface area (Å²) in [6.45, 7) is 0.687. The van der Waals surface area contributed by atoms with Gasteiger partial charge in [-0.3, -0.25) is 4.79 Å². The molecule has 0 radical (unpaired) electrons. The minimum absolute atomic E-state index is 0.191. The number of hydrogen-bond acceptors (Lipinski definition) is 5. The van der Waals surface area contributed by atoms with Gasteiger partial charge in [0.1, 0.15) is 5.76 Å². The molecule has 2 heterocycles. The van der Waals surface area contributed by atoms with Crippen molar-refractivity contribution in [1.82, 2.24) is 9.97 Å². The van der Waals surface area contributed by atoms with Crippen molar-refractivity contribution in [2.75, 3.05) is 17.6 Å². The number of aromatic amines is 1. The van der Waals surface area contributed by atoms with Crippen LogP contribution < -0.4 is 16.6 Å². The zero-order valence-electron chi connectivity index (χ0n) is 10.7. The molecule has 0 fully saturated rings. The summed E-state index contributed by atoms with van der Waals surface area (Å²) in [5.41, 5.74) is 7.66. The lowest BCUT2D eigenvalue weighted by molar-refractivity contribution is 0.513. The largest absolute Gasteiger partial charge is 0.469 e. The molecule has 2 aromatic heterocycles. The lowest BCUT2D eigenvalue weighted by atomic mass is 10.2. The third-order valence-electron chi connectivity index (χ3n) is 3.08. The van der Waals surface area contributed by atoms with Gasteiger partial charge < -0.3 is 20.5 Å². The Morgan fingerprint density at radius 1 is 1.40 bits per heavy atom. The normalized spacial score (nSPS) is 10.8. The van der Waals surface area contributed by atoms with Gasteiger partial charge in [-0.2, -0.15) is 0 Å². The second kappa shape index (κ2) is 5.08. The van der Waals surface area contributed by atoms with Gasteiger partial charge in [0.25, 0.3) is 5.56 Å². The maximum atomic E-state index is 11.6. The smallest absolute Gasteiger partial charge is 0.258 e. The minimum Gasteiger partial charge on any atom is -0.469 e. The van der Waals surface area contributed by atoms with Crippen LogP contribution in [0.15, 0.2) is 46.1 Å². The molecule has 1 aromatic carbocycles. The summed E-state index contributed by atoms with van der Waals surface area (Å²) < 4.78 is 5.26. The van der Waals surface area contributed by atoms with Crippen molar-refractivity contribution in [3.8, 4) is 0 Å². The summed E-state index contributed by atoms with van der Waals surface area (Å²) in [5.74, 6) is 0.909. The number of nitrogens with one attached hydrogen (secondary N) is 2. The highest BCUT2D eigenvalue weighted by Gasteiger charge is 2.06. The molecule has 0 saturated carbocycles. The van der Waals surface area contributed by atoms with Gasteiger partial charge in [0.15, 0.2) is 0 Å². The molecule has 0 spiro atoms. The third-order valence-corrected chi connectivity index (χ3v) is 3.08. The molecule has 3 aromatic rings. The molecule has 0 aliphatic heterocycles. The zero-order valence-corrected chi connectivity index (χ0v) is 10.7. The SMILES string of the molecule is Nc1cc2c(=O)[nH]cnc2cc1NCCc1ccco1. The van der Waals surface area contributed by atoms with E-state index < -0.39 is 0 Å². The van der Waals surface area contributed by atoms with Gasteiger partial charge in [0.05, 0.1) is 34.9 Å². The number of nitrogens with zero attached hydrogens (tertiary/aromatic N) is 1. The number of hydrogen-bond donors (Lipinski definition) is 3. The van der Waals surface area contributed by atoms with Crippen LogP contribution in [0.25, 0.3) is 10.9 Å². The number of aromatic nitrogens is 2. The molecule has 0 saturated heterocycles. The Morgan fingerprint density at radius 3 is 3.10 bits per heavy atom. The van der Waals surface area contributed by atoms with Crippen LogP contribution >= 0.6 is 0 Å². The van der Waals surface area contributed by atoms with Crippen LogP contribution in [0.3, 0.4) is 0 Å². The lowest BCUT2D eigenvalue weighted by Crippen LogP contribution is -2.10. The predicted molar refractivity (Wildman–Crippen MR) is 77.7 cm³/mol. The number of nitrogen functional groups attached to an aromatic ring is 1. The summed E-state index contributed by atoms with van der Waals surface area (Å²) in [7, 11) is 0. The summed E-state index contributed by atoms with van der Waals surface area (Å²) in [4.78, 5) is 18.3. The van der Waals surface area contributed by atoms with E-state index >= 15 is 0 Å². The van der Waals surface area contributed by atoms with E-state index in [2.05, 4.69) is 15.3 Å². The predicted octanol–water partition coefficient (Wildman–Crippen LogP) is 1.75. The van der Waals surface area contributed by atoms with Gasteiger partial charge >= 0.3 is 0 Å². The fourth-order valence-corrected chi connectivity index (χ4v) is 2.06. The number of furan rings is 1. The second-order valence-corrected chi connectivity index (χ2v) is 4.44. The topological polar surface area (TPSA) is 96.9 Å². The molecule has 3 rings (SSSR count). The maximum Gasteiger partial charge on any atom is 0.258 e. The van der Waals surface area contributed by atoms with Crippen molar-refractivity contribution in [3.63, 3.8) is 0 Å². The third kappa shape index (κ3) is 2.35. The van der Waals surface area contributed by atoms with Gasteiger partial charge in [-0.15, -0.1) is 0 Å². The fraction of sp³-hybridized carbons (Fsp3) is 0.143. The van der Waals surface area contributed by atoms with E-state index in [9.17, 15) is 4.79 Å². The molecule has 0 atom stereocenters. The van der Waals surface area contributed by atoms with Crippen LogP contribution in [0.1, 0.15) is 5.76 Å². The van der Waals surface area contributed by atoms with Crippen LogP contribution in [0.5, 0.6) is 0 Å². The first-order chi connectivity index (χ1) is 9.74. The minimum atomic E-state index is -0.191. The van der Waals surface area contributed by atoms with Crippen LogP contribution in [0.2, 0.25) is 0 Å². The van der Waals surface area contributed by atoms with Crippen LogP contribution in [0, 0.1) is 0 Å². The van der Waals surface area contributed by atoms with Crippen molar-refractivity contribution >= 4 is 22.3 Å². The van der Waals surface area contributed by atoms with Crippen molar-refractivity contribution in [3.05, 3.63) is 53.0 Å². The van der Waals surface area contributed by atoms with E-state index in [0.717, 1.165) is 17.9 Å². The molecule has 0 bridgehead atoms. The quantitative estimate of drug-likeness (QED) is 0.627. The van der Waals surface area contributed by atoms with Crippen molar-refractivity contribution in [1.29, 1.82) is 0 Å².